The Bertz CT molecular complexity index is 630. The zero-order valence-electron chi connectivity index (χ0n) is 11.7. The molecule has 1 aromatic heterocycles. The van der Waals surface area contributed by atoms with E-state index in [0.717, 1.165) is 23.6 Å². The summed E-state index contributed by atoms with van der Waals surface area (Å²) >= 11 is 1.51. The van der Waals surface area contributed by atoms with E-state index in [1.54, 1.807) is 12.1 Å². The molecule has 0 atom stereocenters. The van der Waals surface area contributed by atoms with Crippen molar-refractivity contribution < 1.29 is 18.6 Å². The number of nitrogens with zero attached hydrogens (tertiary/aromatic N) is 3. The highest BCUT2D eigenvalue weighted by Crippen LogP contribution is 2.39. The van der Waals surface area contributed by atoms with Gasteiger partial charge in [-0.3, -0.25) is 0 Å². The maximum absolute atomic E-state index is 12.1. The zero-order chi connectivity index (χ0) is 15.5. The number of thioether (sulfide) groups is 1. The highest BCUT2D eigenvalue weighted by Gasteiger charge is 2.29. The van der Waals surface area contributed by atoms with Gasteiger partial charge < -0.3 is 14.4 Å². The zero-order valence-corrected chi connectivity index (χ0v) is 12.5. The Morgan fingerprint density at radius 1 is 1.27 bits per heavy atom. The SMILES string of the molecule is OCc1nnc(SCc2ccc(OC(F)F)cc2)n1C1CC1. The van der Waals surface area contributed by atoms with Crippen LogP contribution in [-0.4, -0.2) is 26.5 Å². The van der Waals surface area contributed by atoms with Crippen molar-refractivity contribution in [2.75, 3.05) is 0 Å². The lowest BCUT2D eigenvalue weighted by Crippen LogP contribution is -2.03. The van der Waals surface area contributed by atoms with E-state index >= 15 is 0 Å². The minimum atomic E-state index is -2.81. The quantitative estimate of drug-likeness (QED) is 0.792. The lowest BCUT2D eigenvalue weighted by Gasteiger charge is -2.08. The van der Waals surface area contributed by atoms with Gasteiger partial charge in [-0.05, 0) is 30.5 Å². The fourth-order valence-corrected chi connectivity index (χ4v) is 3.11. The first kappa shape index (κ1) is 15.2. The second-order valence-corrected chi connectivity index (χ2v) is 5.91. The predicted octanol–water partition coefficient (Wildman–Crippen LogP) is 3.00. The number of rotatable bonds is 7. The number of halogens is 2. The molecule has 8 heteroatoms. The summed E-state index contributed by atoms with van der Waals surface area (Å²) in [5, 5.41) is 18.2. The molecule has 0 saturated heterocycles. The molecule has 1 fully saturated rings. The van der Waals surface area contributed by atoms with Gasteiger partial charge in [0.1, 0.15) is 12.4 Å². The van der Waals surface area contributed by atoms with E-state index in [-0.39, 0.29) is 12.4 Å². The molecule has 2 aromatic rings. The summed E-state index contributed by atoms with van der Waals surface area (Å²) in [6.07, 6.45) is 2.16. The third kappa shape index (κ3) is 3.56. The number of aromatic nitrogens is 3. The second-order valence-electron chi connectivity index (χ2n) is 4.97. The van der Waals surface area contributed by atoms with Crippen LogP contribution >= 0.6 is 11.8 Å². The van der Waals surface area contributed by atoms with Gasteiger partial charge in [0, 0.05) is 11.8 Å². The molecule has 1 saturated carbocycles. The minimum absolute atomic E-state index is 0.121. The summed E-state index contributed by atoms with van der Waals surface area (Å²) in [4.78, 5) is 0. The Hall–Kier alpha value is -1.67. The Balaban J connectivity index is 1.64. The van der Waals surface area contributed by atoms with Crippen LogP contribution in [0.25, 0.3) is 0 Å². The van der Waals surface area contributed by atoms with Gasteiger partial charge in [-0.15, -0.1) is 10.2 Å². The maximum atomic E-state index is 12.1. The first-order valence-corrected chi connectivity index (χ1v) is 7.87. The summed E-state index contributed by atoms with van der Waals surface area (Å²) < 4.78 is 30.5. The van der Waals surface area contributed by atoms with Crippen molar-refractivity contribution in [1.29, 1.82) is 0 Å². The molecule has 0 unspecified atom stereocenters. The van der Waals surface area contributed by atoms with Gasteiger partial charge in [-0.2, -0.15) is 8.78 Å². The molecule has 0 bridgehead atoms. The minimum Gasteiger partial charge on any atom is -0.435 e. The fraction of sp³-hybridized carbons (Fsp3) is 0.429. The van der Waals surface area contributed by atoms with Crippen LogP contribution in [0, 0.1) is 0 Å². The summed E-state index contributed by atoms with van der Waals surface area (Å²) in [6, 6.07) is 6.92. The third-order valence-corrected chi connectivity index (χ3v) is 4.32. The standard InChI is InChI=1S/C14H15F2N3O2S/c15-13(16)21-11-5-1-9(2-6-11)8-22-14-18-17-12(7-20)19(14)10-3-4-10/h1-2,5-6,10,13,20H,3-4,7-8H2. The van der Waals surface area contributed by atoms with Crippen LogP contribution in [-0.2, 0) is 12.4 Å². The first-order chi connectivity index (χ1) is 10.7. The summed E-state index contributed by atoms with van der Waals surface area (Å²) in [6.45, 7) is -2.93. The van der Waals surface area contributed by atoms with Crippen LogP contribution in [0.4, 0.5) is 8.78 Å². The van der Waals surface area contributed by atoms with Crippen molar-refractivity contribution in [3.63, 3.8) is 0 Å². The van der Waals surface area contributed by atoms with E-state index in [4.69, 9.17) is 0 Å². The lowest BCUT2D eigenvalue weighted by atomic mass is 10.2. The number of aliphatic hydroxyl groups excluding tert-OH is 1. The van der Waals surface area contributed by atoms with Crippen molar-refractivity contribution >= 4 is 11.8 Å². The molecule has 1 aromatic carbocycles. The number of ether oxygens (including phenoxy) is 1. The molecule has 22 heavy (non-hydrogen) atoms. The van der Waals surface area contributed by atoms with E-state index in [2.05, 4.69) is 14.9 Å². The predicted molar refractivity (Wildman–Crippen MR) is 76.9 cm³/mol. The van der Waals surface area contributed by atoms with Crippen molar-refractivity contribution in [3.8, 4) is 5.75 Å². The van der Waals surface area contributed by atoms with Gasteiger partial charge in [-0.25, -0.2) is 0 Å². The van der Waals surface area contributed by atoms with Crippen LogP contribution in [0.5, 0.6) is 5.75 Å². The van der Waals surface area contributed by atoms with Gasteiger partial charge in [0.15, 0.2) is 11.0 Å². The average molecular weight is 327 g/mol. The summed E-state index contributed by atoms with van der Waals surface area (Å²) in [5.74, 6) is 1.38. The van der Waals surface area contributed by atoms with Crippen LogP contribution in [0.1, 0.15) is 30.3 Å². The van der Waals surface area contributed by atoms with Gasteiger partial charge in [0.05, 0.1) is 0 Å². The molecular weight excluding hydrogens is 312 g/mol. The summed E-state index contributed by atoms with van der Waals surface area (Å²) in [5.41, 5.74) is 0.975. The Kier molecular flexibility index (Phi) is 4.58. The van der Waals surface area contributed by atoms with Gasteiger partial charge in [0.25, 0.3) is 0 Å². The van der Waals surface area contributed by atoms with E-state index in [1.165, 1.54) is 23.9 Å². The molecule has 0 spiro atoms. The third-order valence-electron chi connectivity index (χ3n) is 3.31. The van der Waals surface area contributed by atoms with E-state index in [1.807, 2.05) is 4.57 Å². The van der Waals surface area contributed by atoms with Crippen molar-refractivity contribution in [2.24, 2.45) is 0 Å². The molecule has 1 heterocycles. The molecule has 3 rings (SSSR count). The number of benzene rings is 1. The van der Waals surface area contributed by atoms with Crippen molar-refractivity contribution in [3.05, 3.63) is 35.7 Å². The van der Waals surface area contributed by atoms with Gasteiger partial charge >= 0.3 is 6.61 Å². The number of alkyl halides is 2. The first-order valence-electron chi connectivity index (χ1n) is 6.88. The normalized spacial score (nSPS) is 14.5. The van der Waals surface area contributed by atoms with Crippen LogP contribution in [0.15, 0.2) is 29.4 Å². The Morgan fingerprint density at radius 3 is 2.59 bits per heavy atom. The highest BCUT2D eigenvalue weighted by atomic mass is 32.2. The largest absolute Gasteiger partial charge is 0.435 e. The summed E-state index contributed by atoms with van der Waals surface area (Å²) in [7, 11) is 0. The molecule has 1 N–H and O–H groups in total. The molecule has 0 radical (unpaired) electrons. The molecule has 1 aliphatic rings. The molecule has 0 amide bonds. The fourth-order valence-electron chi connectivity index (χ4n) is 2.13. The molecule has 5 nitrogen and oxygen atoms in total. The van der Waals surface area contributed by atoms with Crippen LogP contribution in [0.2, 0.25) is 0 Å². The Morgan fingerprint density at radius 2 is 2.00 bits per heavy atom. The van der Waals surface area contributed by atoms with Crippen molar-refractivity contribution in [1.82, 2.24) is 14.8 Å². The van der Waals surface area contributed by atoms with Gasteiger partial charge in [0.2, 0.25) is 0 Å². The van der Waals surface area contributed by atoms with E-state index < -0.39 is 6.61 Å². The lowest BCUT2D eigenvalue weighted by molar-refractivity contribution is -0.0498. The number of hydrogen-bond acceptors (Lipinski definition) is 5. The van der Waals surface area contributed by atoms with E-state index in [9.17, 15) is 13.9 Å². The second kappa shape index (κ2) is 6.62. The number of hydrogen-bond donors (Lipinski definition) is 1. The molecular formula is C14H15F2N3O2S. The topological polar surface area (TPSA) is 60.2 Å². The van der Waals surface area contributed by atoms with Gasteiger partial charge in [-0.1, -0.05) is 23.9 Å². The van der Waals surface area contributed by atoms with E-state index in [0.29, 0.717) is 17.6 Å². The monoisotopic (exact) mass is 327 g/mol. The van der Waals surface area contributed by atoms with Crippen LogP contribution < -0.4 is 4.74 Å². The molecule has 0 aliphatic heterocycles. The maximum Gasteiger partial charge on any atom is 0.387 e. The Labute approximate surface area is 130 Å². The highest BCUT2D eigenvalue weighted by molar-refractivity contribution is 7.98. The smallest absolute Gasteiger partial charge is 0.387 e. The van der Waals surface area contributed by atoms with Crippen molar-refractivity contribution in [2.45, 2.75) is 43.0 Å². The van der Waals surface area contributed by atoms with Crippen LogP contribution in [0.3, 0.4) is 0 Å². The molecule has 118 valence electrons. The molecule has 1 aliphatic carbocycles. The number of aliphatic hydroxyl groups is 1. The average Bonchev–Trinajstić information content (AvgIpc) is 3.26.